The van der Waals surface area contributed by atoms with Gasteiger partial charge in [0.2, 0.25) is 0 Å². The second-order valence-electron chi connectivity index (χ2n) is 7.60. The topological polar surface area (TPSA) is 97.0 Å². The predicted octanol–water partition coefficient (Wildman–Crippen LogP) is 4.04. The maximum absolute atomic E-state index is 14.1. The molecule has 1 unspecified atom stereocenters. The van der Waals surface area contributed by atoms with Crippen molar-refractivity contribution in [2.75, 3.05) is 24.1 Å². The number of rotatable bonds is 3. The molecule has 7 nitrogen and oxygen atoms in total. The van der Waals surface area contributed by atoms with Gasteiger partial charge in [0.25, 0.3) is 0 Å². The number of pyridine rings is 1. The highest BCUT2D eigenvalue weighted by molar-refractivity contribution is 5.92. The lowest BCUT2D eigenvalue weighted by molar-refractivity contribution is 0.222. The second kappa shape index (κ2) is 8.25. The lowest BCUT2D eigenvalue weighted by Crippen LogP contribution is -2.33. The van der Waals surface area contributed by atoms with E-state index in [9.17, 15) is 13.6 Å². The fraction of sp³-hybridized carbons (Fsp3) is 0.273. The molecule has 0 spiro atoms. The Hall–Kier alpha value is -3.62. The Morgan fingerprint density at radius 3 is 2.68 bits per heavy atom. The van der Waals surface area contributed by atoms with Gasteiger partial charge in [-0.25, -0.2) is 28.5 Å². The molecule has 0 bridgehead atoms. The number of aryl methyl sites for hydroxylation is 2. The number of hydrogen-bond acceptors (Lipinski definition) is 5. The van der Waals surface area contributed by atoms with Crippen molar-refractivity contribution in [2.45, 2.75) is 26.2 Å². The van der Waals surface area contributed by atoms with Crippen LogP contribution in [-0.4, -0.2) is 39.0 Å². The zero-order valence-corrected chi connectivity index (χ0v) is 17.2. The number of likely N-dealkylation sites (tertiary alicyclic amines) is 1. The van der Waals surface area contributed by atoms with Crippen LogP contribution in [0.1, 0.15) is 29.6 Å². The molecule has 1 atom stereocenters. The average molecular weight is 424 g/mol. The summed E-state index contributed by atoms with van der Waals surface area (Å²) in [6.45, 7) is 4.84. The smallest absolute Gasteiger partial charge is 0.323 e. The molecule has 31 heavy (non-hydrogen) atoms. The highest BCUT2D eigenvalue weighted by Crippen LogP contribution is 2.29. The predicted molar refractivity (Wildman–Crippen MR) is 113 cm³/mol. The minimum absolute atomic E-state index is 0.118. The number of hydrogen-bond donors (Lipinski definition) is 2. The first kappa shape index (κ1) is 20.6. The number of nitrogen functional groups attached to an aromatic ring is 1. The van der Waals surface area contributed by atoms with Gasteiger partial charge in [-0.1, -0.05) is 0 Å². The summed E-state index contributed by atoms with van der Waals surface area (Å²) in [5.41, 5.74) is 8.39. The van der Waals surface area contributed by atoms with Gasteiger partial charge in [0, 0.05) is 42.0 Å². The Labute approximate surface area is 178 Å². The molecule has 1 aliphatic rings. The lowest BCUT2D eigenvalue weighted by Gasteiger charge is -2.18. The van der Waals surface area contributed by atoms with E-state index in [-0.39, 0.29) is 34.7 Å². The molecule has 3 heterocycles. The molecule has 0 radical (unpaired) electrons. The van der Waals surface area contributed by atoms with Crippen molar-refractivity contribution in [3.8, 4) is 11.3 Å². The van der Waals surface area contributed by atoms with Gasteiger partial charge in [-0.05, 0) is 50.6 Å². The van der Waals surface area contributed by atoms with Crippen LogP contribution in [0, 0.1) is 25.5 Å². The highest BCUT2D eigenvalue weighted by atomic mass is 19.1. The third kappa shape index (κ3) is 4.45. The number of nitrogens with two attached hydrogens (primary N) is 1. The number of amides is 2. The number of carbonyl (C=O) groups is 1. The Kier molecular flexibility index (Phi) is 5.50. The first-order valence-electron chi connectivity index (χ1n) is 9.90. The third-order valence-corrected chi connectivity index (χ3v) is 5.24. The van der Waals surface area contributed by atoms with E-state index in [4.69, 9.17) is 5.73 Å². The molecule has 2 amide bonds. The van der Waals surface area contributed by atoms with Crippen molar-refractivity contribution in [2.24, 2.45) is 0 Å². The van der Waals surface area contributed by atoms with Gasteiger partial charge < -0.3 is 10.6 Å². The average Bonchev–Trinajstić information content (AvgIpc) is 3.20. The van der Waals surface area contributed by atoms with E-state index >= 15 is 0 Å². The van der Waals surface area contributed by atoms with Crippen LogP contribution in [-0.2, 0) is 0 Å². The van der Waals surface area contributed by atoms with Crippen LogP contribution >= 0.6 is 0 Å². The normalized spacial score (nSPS) is 15.9. The largest absolute Gasteiger partial charge is 0.396 e. The van der Waals surface area contributed by atoms with Crippen LogP contribution in [0.15, 0.2) is 36.4 Å². The van der Waals surface area contributed by atoms with Gasteiger partial charge in [0.05, 0.1) is 11.4 Å². The number of halogens is 2. The summed E-state index contributed by atoms with van der Waals surface area (Å²) in [5.74, 6) is -0.463. The summed E-state index contributed by atoms with van der Waals surface area (Å²) in [7, 11) is 0. The van der Waals surface area contributed by atoms with E-state index in [1.54, 1.807) is 4.90 Å². The third-order valence-electron chi connectivity index (χ3n) is 5.24. The second-order valence-corrected chi connectivity index (χ2v) is 7.60. The summed E-state index contributed by atoms with van der Waals surface area (Å²) in [6.07, 6.45) is 0.785. The van der Waals surface area contributed by atoms with Crippen LogP contribution in [0.3, 0.4) is 0 Å². The Bertz CT molecular complexity index is 1130. The molecule has 9 heteroatoms. The molecule has 2 aromatic heterocycles. The molecule has 1 fully saturated rings. The summed E-state index contributed by atoms with van der Waals surface area (Å²) in [6, 6.07) is 7.88. The zero-order chi connectivity index (χ0) is 22.1. The van der Waals surface area contributed by atoms with Crippen molar-refractivity contribution in [3.05, 3.63) is 65.2 Å². The van der Waals surface area contributed by atoms with E-state index in [1.807, 2.05) is 19.9 Å². The van der Waals surface area contributed by atoms with E-state index in [1.165, 1.54) is 18.2 Å². The zero-order valence-electron chi connectivity index (χ0n) is 17.2. The van der Waals surface area contributed by atoms with Gasteiger partial charge in [-0.2, -0.15) is 0 Å². The molecule has 3 aromatic rings. The molecule has 1 aromatic carbocycles. The molecule has 160 valence electrons. The number of aromatic nitrogens is 3. The number of nitrogens with zero attached hydrogens (tertiary/aromatic N) is 4. The summed E-state index contributed by atoms with van der Waals surface area (Å²) >= 11 is 0. The van der Waals surface area contributed by atoms with E-state index < -0.39 is 11.6 Å². The van der Waals surface area contributed by atoms with E-state index in [0.717, 1.165) is 29.9 Å². The van der Waals surface area contributed by atoms with E-state index in [2.05, 4.69) is 20.3 Å². The van der Waals surface area contributed by atoms with Crippen molar-refractivity contribution in [1.82, 2.24) is 19.9 Å². The minimum Gasteiger partial charge on any atom is -0.396 e. The van der Waals surface area contributed by atoms with Crippen LogP contribution in [0.4, 0.5) is 25.1 Å². The monoisotopic (exact) mass is 424 g/mol. The number of urea groups is 1. The molecule has 1 saturated heterocycles. The van der Waals surface area contributed by atoms with Crippen LogP contribution in [0.5, 0.6) is 0 Å². The number of benzene rings is 1. The number of nitrogens with one attached hydrogen (secondary N) is 1. The van der Waals surface area contributed by atoms with Crippen LogP contribution < -0.4 is 11.1 Å². The van der Waals surface area contributed by atoms with Crippen molar-refractivity contribution >= 4 is 17.5 Å². The van der Waals surface area contributed by atoms with Crippen LogP contribution in [0.2, 0.25) is 0 Å². The quantitative estimate of drug-likeness (QED) is 0.662. The maximum Gasteiger partial charge on any atom is 0.323 e. The summed E-state index contributed by atoms with van der Waals surface area (Å²) in [5, 5.41) is 2.71. The molecule has 1 aliphatic heterocycles. The molecular weight excluding hydrogens is 402 g/mol. The minimum atomic E-state index is -0.743. The SMILES string of the molecule is Cc1cc(C2CCN(C(=O)Nc3nc(-c4ccc(F)cc4F)ccc3N)C2)nc(C)n1. The van der Waals surface area contributed by atoms with Crippen molar-refractivity contribution < 1.29 is 13.6 Å². The van der Waals surface area contributed by atoms with Crippen LogP contribution in [0.25, 0.3) is 11.3 Å². The fourth-order valence-electron chi connectivity index (χ4n) is 3.74. The molecule has 4 rings (SSSR count). The van der Waals surface area contributed by atoms with Gasteiger partial charge in [0.1, 0.15) is 17.5 Å². The van der Waals surface area contributed by atoms with Crippen molar-refractivity contribution in [3.63, 3.8) is 0 Å². The van der Waals surface area contributed by atoms with E-state index in [0.29, 0.717) is 18.9 Å². The van der Waals surface area contributed by atoms with Gasteiger partial charge in [-0.3, -0.25) is 5.32 Å². The Morgan fingerprint density at radius 2 is 1.94 bits per heavy atom. The summed E-state index contributed by atoms with van der Waals surface area (Å²) in [4.78, 5) is 27.5. The van der Waals surface area contributed by atoms with Gasteiger partial charge in [-0.15, -0.1) is 0 Å². The first-order valence-corrected chi connectivity index (χ1v) is 9.90. The maximum atomic E-state index is 14.1. The molecular formula is C22H22F2N6O. The van der Waals surface area contributed by atoms with Gasteiger partial charge in [0.15, 0.2) is 5.82 Å². The summed E-state index contributed by atoms with van der Waals surface area (Å²) < 4.78 is 27.3. The highest BCUT2D eigenvalue weighted by Gasteiger charge is 2.29. The fourth-order valence-corrected chi connectivity index (χ4v) is 3.74. The molecule has 0 saturated carbocycles. The molecule has 3 N–H and O–H groups in total. The number of anilines is 2. The number of carbonyl (C=O) groups excluding carboxylic acids is 1. The Morgan fingerprint density at radius 1 is 1.13 bits per heavy atom. The Balaban J connectivity index is 1.50. The van der Waals surface area contributed by atoms with Gasteiger partial charge >= 0.3 is 6.03 Å². The van der Waals surface area contributed by atoms with Crippen molar-refractivity contribution in [1.29, 1.82) is 0 Å². The standard InChI is InChI=1S/C22H22F2N6O/c1-12-9-20(27-13(2)26-12)14-7-8-30(11-14)22(31)29-21-18(25)5-6-19(28-21)16-4-3-15(23)10-17(16)24/h3-6,9-10,14H,7-8,11,25H2,1-2H3,(H,28,29,31). The first-order chi connectivity index (χ1) is 14.8. The lowest BCUT2D eigenvalue weighted by atomic mass is 10.0. The molecule has 0 aliphatic carbocycles.